The van der Waals surface area contributed by atoms with Crippen molar-refractivity contribution in [1.82, 2.24) is 4.90 Å². The highest BCUT2D eigenvalue weighted by Gasteiger charge is 2.24. The third kappa shape index (κ3) is 6.61. The summed E-state index contributed by atoms with van der Waals surface area (Å²) in [7, 11) is 0. The first-order valence-electron chi connectivity index (χ1n) is 10.1. The van der Waals surface area contributed by atoms with Crippen LogP contribution in [0.15, 0.2) is 48.5 Å². The number of amides is 2. The van der Waals surface area contributed by atoms with E-state index in [4.69, 9.17) is 0 Å². The van der Waals surface area contributed by atoms with Crippen molar-refractivity contribution < 1.29 is 14.5 Å². The normalized spacial score (nSPS) is 14.6. The lowest BCUT2D eigenvalue weighted by atomic mass is 10.1. The van der Waals surface area contributed by atoms with Gasteiger partial charge >= 0.3 is 0 Å². The van der Waals surface area contributed by atoms with Crippen molar-refractivity contribution in [1.29, 1.82) is 0 Å². The monoisotopic (exact) mass is 412 g/mol. The second-order valence-electron chi connectivity index (χ2n) is 7.64. The van der Waals surface area contributed by atoms with E-state index in [1.54, 1.807) is 0 Å². The minimum Gasteiger partial charge on any atom is -0.331 e. The highest BCUT2D eigenvalue weighted by molar-refractivity contribution is 8.00. The van der Waals surface area contributed by atoms with Crippen LogP contribution in [0.2, 0.25) is 0 Å². The fourth-order valence-electron chi connectivity index (χ4n) is 3.57. The van der Waals surface area contributed by atoms with Crippen molar-refractivity contribution in [3.8, 4) is 0 Å². The van der Waals surface area contributed by atoms with Gasteiger partial charge in [-0.1, -0.05) is 36.4 Å². The predicted octanol–water partition coefficient (Wildman–Crippen LogP) is 1.90. The Bertz CT molecular complexity index is 848. The van der Waals surface area contributed by atoms with Gasteiger partial charge in [-0.25, -0.2) is 0 Å². The molecule has 3 rings (SSSR count). The Labute approximate surface area is 177 Å². The number of nitrogens with one attached hydrogen (secondary N) is 2. The molecule has 2 aromatic carbocycles. The highest BCUT2D eigenvalue weighted by Crippen LogP contribution is 2.11. The van der Waals surface area contributed by atoms with Gasteiger partial charge in [-0.15, -0.1) is 11.8 Å². The lowest BCUT2D eigenvalue weighted by Gasteiger charge is -2.32. The number of benzene rings is 2. The van der Waals surface area contributed by atoms with E-state index in [0.29, 0.717) is 5.75 Å². The lowest BCUT2D eigenvalue weighted by molar-refractivity contribution is -0.917. The molecule has 0 aromatic heterocycles. The minimum atomic E-state index is -0.0686. The molecule has 0 saturated carbocycles. The van der Waals surface area contributed by atoms with E-state index in [1.165, 1.54) is 27.8 Å². The first-order chi connectivity index (χ1) is 14.0. The van der Waals surface area contributed by atoms with Crippen LogP contribution in [0.3, 0.4) is 0 Å². The number of hydrogen-bond donors (Lipinski definition) is 2. The zero-order valence-electron chi connectivity index (χ0n) is 17.2. The molecule has 0 aliphatic carbocycles. The van der Waals surface area contributed by atoms with Crippen molar-refractivity contribution in [2.75, 3.05) is 43.0 Å². The van der Waals surface area contributed by atoms with Gasteiger partial charge in [-0.2, -0.15) is 0 Å². The Hall–Kier alpha value is -2.31. The maximum absolute atomic E-state index is 12.5. The summed E-state index contributed by atoms with van der Waals surface area (Å²) < 4.78 is 0. The molecule has 0 atom stereocenters. The number of carbonyl (C=O) groups is 2. The Morgan fingerprint density at radius 1 is 1.03 bits per heavy atom. The molecule has 2 amide bonds. The largest absolute Gasteiger partial charge is 0.331 e. The number of piperazine rings is 1. The summed E-state index contributed by atoms with van der Waals surface area (Å²) in [6.07, 6.45) is 0. The summed E-state index contributed by atoms with van der Waals surface area (Å²) in [4.78, 5) is 28.0. The van der Waals surface area contributed by atoms with Crippen LogP contribution in [-0.2, 0) is 16.1 Å². The summed E-state index contributed by atoms with van der Waals surface area (Å²) in [5.41, 5.74) is 4.63. The van der Waals surface area contributed by atoms with E-state index in [2.05, 4.69) is 36.5 Å². The van der Waals surface area contributed by atoms with Gasteiger partial charge in [0.25, 0.3) is 0 Å². The molecular formula is C23H30N3O2S+. The van der Waals surface area contributed by atoms with Crippen molar-refractivity contribution >= 4 is 29.3 Å². The van der Waals surface area contributed by atoms with Crippen LogP contribution < -0.4 is 10.2 Å². The van der Waals surface area contributed by atoms with Crippen LogP contribution in [0.4, 0.5) is 5.69 Å². The maximum Gasteiger partial charge on any atom is 0.234 e. The molecule has 1 fully saturated rings. The third-order valence-electron chi connectivity index (χ3n) is 5.29. The molecule has 29 heavy (non-hydrogen) atoms. The molecule has 0 bridgehead atoms. The topological polar surface area (TPSA) is 53.9 Å². The number of thioether (sulfide) groups is 1. The second-order valence-corrected chi connectivity index (χ2v) is 8.63. The van der Waals surface area contributed by atoms with Gasteiger partial charge in [0, 0.05) is 11.3 Å². The Morgan fingerprint density at radius 2 is 1.79 bits per heavy atom. The smallest absolute Gasteiger partial charge is 0.234 e. The quantitative estimate of drug-likeness (QED) is 0.730. The number of quaternary nitrogens is 1. The zero-order valence-corrected chi connectivity index (χ0v) is 18.1. The zero-order chi connectivity index (χ0) is 20.6. The number of anilines is 1. The fraction of sp³-hybridized carbons (Fsp3) is 0.391. The Morgan fingerprint density at radius 3 is 2.52 bits per heavy atom. The molecule has 2 aromatic rings. The van der Waals surface area contributed by atoms with Gasteiger partial charge in [-0.3, -0.25) is 9.59 Å². The first kappa shape index (κ1) is 21.4. The summed E-state index contributed by atoms with van der Waals surface area (Å²) >= 11 is 1.38. The molecule has 1 saturated heterocycles. The van der Waals surface area contributed by atoms with E-state index in [9.17, 15) is 9.59 Å². The molecule has 6 heteroatoms. The van der Waals surface area contributed by atoms with Crippen molar-refractivity contribution in [3.05, 3.63) is 65.2 Å². The van der Waals surface area contributed by atoms with E-state index in [1.807, 2.05) is 36.1 Å². The van der Waals surface area contributed by atoms with Gasteiger partial charge in [0.1, 0.15) is 6.54 Å². The molecule has 5 nitrogen and oxygen atoms in total. The summed E-state index contributed by atoms with van der Waals surface area (Å²) in [5, 5.41) is 2.88. The van der Waals surface area contributed by atoms with E-state index in [0.717, 1.165) is 44.0 Å². The van der Waals surface area contributed by atoms with Crippen LogP contribution in [-0.4, -0.2) is 54.4 Å². The second kappa shape index (κ2) is 10.5. The first-order valence-corrected chi connectivity index (χ1v) is 11.3. The molecule has 0 unspecified atom stereocenters. The Kier molecular flexibility index (Phi) is 7.72. The third-order valence-corrected chi connectivity index (χ3v) is 6.20. The number of nitrogens with zero attached hydrogens (tertiary/aromatic N) is 1. The number of carbonyl (C=O) groups excluding carboxylic acids is 2. The van der Waals surface area contributed by atoms with Gasteiger partial charge in [0.2, 0.25) is 11.8 Å². The molecule has 0 radical (unpaired) electrons. The number of rotatable bonds is 7. The van der Waals surface area contributed by atoms with E-state index in [-0.39, 0.29) is 17.6 Å². The van der Waals surface area contributed by atoms with Gasteiger partial charge in [0.15, 0.2) is 0 Å². The Balaban J connectivity index is 1.35. The minimum absolute atomic E-state index is 0.0686. The van der Waals surface area contributed by atoms with Gasteiger partial charge in [0.05, 0.1) is 37.7 Å². The van der Waals surface area contributed by atoms with Crippen LogP contribution >= 0.6 is 11.8 Å². The number of hydrogen-bond acceptors (Lipinski definition) is 3. The average molecular weight is 413 g/mol. The van der Waals surface area contributed by atoms with E-state index < -0.39 is 0 Å². The summed E-state index contributed by atoms with van der Waals surface area (Å²) in [6, 6.07) is 16.2. The predicted molar refractivity (Wildman–Crippen MR) is 119 cm³/mol. The standard InChI is InChI=1S/C23H29N3O2S/c1-18-6-5-9-21(14-18)24-22(27)16-29-17-23(28)26-12-10-25(11-13-26)15-20-8-4-3-7-19(20)2/h3-9,14H,10-13,15-17H2,1-2H3,(H,24,27)/p+1. The van der Waals surface area contributed by atoms with Crippen molar-refractivity contribution in [3.63, 3.8) is 0 Å². The van der Waals surface area contributed by atoms with E-state index >= 15 is 0 Å². The molecule has 154 valence electrons. The molecule has 0 spiro atoms. The molecule has 2 N–H and O–H groups in total. The van der Waals surface area contributed by atoms with Crippen molar-refractivity contribution in [2.24, 2.45) is 0 Å². The van der Waals surface area contributed by atoms with Crippen LogP contribution in [0.1, 0.15) is 16.7 Å². The van der Waals surface area contributed by atoms with Crippen molar-refractivity contribution in [2.45, 2.75) is 20.4 Å². The van der Waals surface area contributed by atoms with Crippen LogP contribution in [0, 0.1) is 13.8 Å². The van der Waals surface area contributed by atoms with Crippen LogP contribution in [0.5, 0.6) is 0 Å². The summed E-state index contributed by atoms with van der Waals surface area (Å²) in [6.45, 7) is 8.68. The SMILES string of the molecule is Cc1cccc(NC(=O)CSCC(=O)N2CC[NH+](Cc3ccccc3C)CC2)c1. The molecular weight excluding hydrogens is 382 g/mol. The average Bonchev–Trinajstić information content (AvgIpc) is 2.70. The lowest BCUT2D eigenvalue weighted by Crippen LogP contribution is -3.13. The van der Waals surface area contributed by atoms with Crippen LogP contribution in [0.25, 0.3) is 0 Å². The molecule has 1 aliphatic rings. The molecule has 1 heterocycles. The molecule has 1 aliphatic heterocycles. The van der Waals surface area contributed by atoms with Gasteiger partial charge in [-0.05, 0) is 37.1 Å². The maximum atomic E-state index is 12.5. The number of aryl methyl sites for hydroxylation is 2. The fourth-order valence-corrected chi connectivity index (χ4v) is 4.29. The summed E-state index contributed by atoms with van der Waals surface area (Å²) in [5.74, 6) is 0.709. The van der Waals surface area contributed by atoms with Gasteiger partial charge < -0.3 is 15.1 Å². The highest BCUT2D eigenvalue weighted by atomic mass is 32.2.